The predicted molar refractivity (Wildman–Crippen MR) is 139 cm³/mol. The van der Waals surface area contributed by atoms with E-state index in [1.165, 1.54) is 19.8 Å². The monoisotopic (exact) mass is 539 g/mol. The molecule has 1 aromatic carbocycles. The normalized spacial score (nSPS) is 38.1. The number of hydrogen-bond acceptors (Lipinski definition) is 8. The quantitative estimate of drug-likeness (QED) is 0.373. The molecule has 2 saturated heterocycles. The Morgan fingerprint density at radius 2 is 1.94 bits per heavy atom. The number of nitrogens with one attached hydrogen (secondary N) is 2. The maximum Gasteiger partial charge on any atom is 0.156 e. The lowest BCUT2D eigenvalue weighted by Gasteiger charge is -2.37. The van der Waals surface area contributed by atoms with Crippen molar-refractivity contribution in [3.63, 3.8) is 0 Å². The van der Waals surface area contributed by atoms with Gasteiger partial charge in [0.05, 0.1) is 28.5 Å². The van der Waals surface area contributed by atoms with E-state index in [2.05, 4.69) is 25.7 Å². The lowest BCUT2D eigenvalue weighted by Crippen LogP contribution is -2.56. The molecule has 3 heterocycles. The molecule has 0 aromatic heterocycles. The summed E-state index contributed by atoms with van der Waals surface area (Å²) < 4.78 is 6.33. The first-order valence-electron chi connectivity index (χ1n) is 12.7. The number of ether oxygens (including phenoxy) is 1. The summed E-state index contributed by atoms with van der Waals surface area (Å²) in [5.74, 6) is 0.727. The third-order valence-corrected chi connectivity index (χ3v) is 9.25. The van der Waals surface area contributed by atoms with Crippen LogP contribution in [0.3, 0.4) is 0 Å². The third-order valence-electron chi connectivity index (χ3n) is 8.51. The second-order valence-electron chi connectivity index (χ2n) is 10.7. The first kappa shape index (κ1) is 26.2. The number of amidine groups is 1. The van der Waals surface area contributed by atoms with Crippen LogP contribution < -0.4 is 10.7 Å². The van der Waals surface area contributed by atoms with Gasteiger partial charge in [0.1, 0.15) is 30.1 Å². The maximum atomic E-state index is 11.4. The molecule has 0 radical (unpaired) electrons. The number of rotatable bonds is 4. The van der Waals surface area contributed by atoms with Gasteiger partial charge in [0.25, 0.3) is 0 Å². The molecule has 11 heteroatoms. The molecule has 36 heavy (non-hydrogen) atoms. The summed E-state index contributed by atoms with van der Waals surface area (Å²) in [5, 5.41) is 42.5. The Balaban J connectivity index is 1.47. The summed E-state index contributed by atoms with van der Waals surface area (Å²) in [7, 11) is 1.77. The number of aliphatic hydroxyl groups is 3. The second kappa shape index (κ2) is 10.0. The standard InChI is InChI=1S/C25H35Cl2N5O4/c1-24(35)19(34)23(36-20(24)18(33)14-7-8-15(26)16(27)11-14)32-12-25(9-5-3-4-6-10-25)17-21(31-28-2)29-13-30-22(17)32/h7-8,11,13,17-20,22-23,28,33-35H,3-6,9-10,12H2,1-2H3,(H,29,30,31)/t17?,18-,19+,20-,22?,23-,24+/m1/s1. The molecule has 0 bridgehead atoms. The predicted octanol–water partition coefficient (Wildman–Crippen LogP) is 2.63. The van der Waals surface area contributed by atoms with E-state index >= 15 is 0 Å². The molecule has 9 nitrogen and oxygen atoms in total. The molecular formula is C25H35Cl2N5O4. The molecule has 1 aliphatic carbocycles. The van der Waals surface area contributed by atoms with Crippen molar-refractivity contribution in [3.05, 3.63) is 33.8 Å². The van der Waals surface area contributed by atoms with Crippen molar-refractivity contribution in [2.45, 2.75) is 81.8 Å². The second-order valence-corrected chi connectivity index (χ2v) is 11.5. The summed E-state index contributed by atoms with van der Waals surface area (Å²) in [6.07, 6.45) is 3.72. The van der Waals surface area contributed by atoms with Crippen molar-refractivity contribution < 1.29 is 20.1 Å². The van der Waals surface area contributed by atoms with Crippen LogP contribution in [0.25, 0.3) is 0 Å². The minimum absolute atomic E-state index is 0.00663. The van der Waals surface area contributed by atoms with Crippen molar-refractivity contribution in [1.29, 1.82) is 0 Å². The highest BCUT2D eigenvalue weighted by molar-refractivity contribution is 6.42. The molecule has 3 aliphatic heterocycles. The van der Waals surface area contributed by atoms with E-state index in [1.54, 1.807) is 31.6 Å². The zero-order valence-electron chi connectivity index (χ0n) is 20.6. The van der Waals surface area contributed by atoms with Crippen LogP contribution in [0.1, 0.15) is 57.1 Å². The fourth-order valence-corrected chi connectivity index (χ4v) is 6.97. The summed E-state index contributed by atoms with van der Waals surface area (Å²) in [6, 6.07) is 4.79. The first-order valence-corrected chi connectivity index (χ1v) is 13.4. The number of halogens is 2. The van der Waals surface area contributed by atoms with Gasteiger partial charge in [0, 0.05) is 13.6 Å². The van der Waals surface area contributed by atoms with Crippen LogP contribution in [0, 0.1) is 11.3 Å². The van der Waals surface area contributed by atoms with Crippen LogP contribution in [0.4, 0.5) is 0 Å². The Hall–Kier alpha value is -1.46. The molecular weight excluding hydrogens is 505 g/mol. The molecule has 3 fully saturated rings. The molecule has 4 aliphatic rings. The van der Waals surface area contributed by atoms with Gasteiger partial charge in [-0.25, -0.2) is 4.99 Å². The summed E-state index contributed by atoms with van der Waals surface area (Å²) in [5.41, 5.74) is 1.55. The van der Waals surface area contributed by atoms with Crippen molar-refractivity contribution in [3.8, 4) is 0 Å². The van der Waals surface area contributed by atoms with E-state index in [1.807, 2.05) is 0 Å². The molecule has 7 atom stereocenters. The number of hydrogen-bond donors (Lipinski definition) is 5. The van der Waals surface area contributed by atoms with Gasteiger partial charge >= 0.3 is 0 Å². The zero-order valence-corrected chi connectivity index (χ0v) is 22.1. The Bertz CT molecular complexity index is 1030. The van der Waals surface area contributed by atoms with Crippen LogP contribution >= 0.6 is 23.2 Å². The van der Waals surface area contributed by atoms with Crippen LogP contribution in [0.5, 0.6) is 0 Å². The largest absolute Gasteiger partial charge is 0.386 e. The topological polar surface area (TPSA) is 122 Å². The highest BCUT2D eigenvalue weighted by Crippen LogP contribution is 2.52. The van der Waals surface area contributed by atoms with Crippen LogP contribution in [0.15, 0.2) is 28.3 Å². The summed E-state index contributed by atoms with van der Waals surface area (Å²) in [6.45, 7) is 2.16. The lowest BCUT2D eigenvalue weighted by atomic mass is 9.70. The van der Waals surface area contributed by atoms with E-state index < -0.39 is 30.1 Å². The average molecular weight is 540 g/mol. The van der Waals surface area contributed by atoms with Crippen LogP contribution in [-0.2, 0) is 4.74 Å². The van der Waals surface area contributed by atoms with Crippen molar-refractivity contribution >= 4 is 35.4 Å². The number of aliphatic imine (C=N–C) groups is 1. The number of benzene rings is 1. The maximum absolute atomic E-state index is 11.4. The third kappa shape index (κ3) is 4.32. The minimum atomic E-state index is -1.71. The summed E-state index contributed by atoms with van der Waals surface area (Å²) >= 11 is 12.2. The molecule has 1 spiro atoms. The number of hydrazone groups is 1. The zero-order chi connectivity index (χ0) is 25.7. The molecule has 1 saturated carbocycles. The molecule has 0 amide bonds. The van der Waals surface area contributed by atoms with E-state index in [-0.39, 0.29) is 17.5 Å². The highest BCUT2D eigenvalue weighted by atomic mass is 35.5. The van der Waals surface area contributed by atoms with Crippen molar-refractivity contribution in [2.24, 2.45) is 21.4 Å². The molecule has 198 valence electrons. The summed E-state index contributed by atoms with van der Waals surface area (Å²) in [4.78, 5) is 6.65. The van der Waals surface area contributed by atoms with Gasteiger partial charge in [0.15, 0.2) is 5.84 Å². The van der Waals surface area contributed by atoms with Gasteiger partial charge in [-0.05, 0) is 42.9 Å². The number of nitrogens with zero attached hydrogens (tertiary/aromatic N) is 3. The van der Waals surface area contributed by atoms with Gasteiger partial charge in [-0.3, -0.25) is 4.90 Å². The van der Waals surface area contributed by atoms with Crippen LogP contribution in [0.2, 0.25) is 10.0 Å². The van der Waals surface area contributed by atoms with Crippen molar-refractivity contribution in [1.82, 2.24) is 15.6 Å². The Labute approximate surface area is 221 Å². The highest BCUT2D eigenvalue weighted by Gasteiger charge is 2.63. The Morgan fingerprint density at radius 1 is 1.22 bits per heavy atom. The minimum Gasteiger partial charge on any atom is -0.386 e. The smallest absolute Gasteiger partial charge is 0.156 e. The fraction of sp³-hybridized carbons (Fsp3) is 0.680. The number of fused-ring (bicyclic) bond motifs is 2. The van der Waals surface area contributed by atoms with Crippen LogP contribution in [-0.4, -0.2) is 76.2 Å². The van der Waals surface area contributed by atoms with E-state index in [0.717, 1.165) is 31.5 Å². The number of likely N-dealkylation sites (tertiary alicyclic amines) is 1. The van der Waals surface area contributed by atoms with Gasteiger partial charge < -0.3 is 30.8 Å². The SMILES string of the molecule is CN/N=C1/N=CNC2C1C1(CCCCCC1)CN2[C@@H]1O[C@H]([C@H](O)c2ccc(Cl)c(Cl)c2)[C@@](C)(O)[C@H]1O. The van der Waals surface area contributed by atoms with Crippen molar-refractivity contribution in [2.75, 3.05) is 13.6 Å². The van der Waals surface area contributed by atoms with E-state index in [9.17, 15) is 15.3 Å². The molecule has 5 rings (SSSR count). The van der Waals surface area contributed by atoms with Gasteiger partial charge in [0.2, 0.25) is 0 Å². The lowest BCUT2D eigenvalue weighted by molar-refractivity contribution is -0.130. The van der Waals surface area contributed by atoms with E-state index in [4.69, 9.17) is 27.9 Å². The number of aliphatic hydroxyl groups excluding tert-OH is 2. The first-order chi connectivity index (χ1) is 17.2. The molecule has 5 N–H and O–H groups in total. The van der Waals surface area contributed by atoms with Gasteiger partial charge in [-0.1, -0.05) is 55.0 Å². The van der Waals surface area contributed by atoms with E-state index in [0.29, 0.717) is 22.2 Å². The Morgan fingerprint density at radius 3 is 2.61 bits per heavy atom. The average Bonchev–Trinajstić information content (AvgIpc) is 3.15. The fourth-order valence-electron chi connectivity index (χ4n) is 6.66. The van der Waals surface area contributed by atoms with Gasteiger partial charge in [-0.2, -0.15) is 5.10 Å². The van der Waals surface area contributed by atoms with Gasteiger partial charge in [-0.15, -0.1) is 0 Å². The molecule has 1 aromatic rings. The Kier molecular flexibility index (Phi) is 7.28. The molecule has 2 unspecified atom stereocenters.